The van der Waals surface area contributed by atoms with E-state index in [4.69, 9.17) is 0 Å². The van der Waals surface area contributed by atoms with E-state index in [1.807, 2.05) is 40.6 Å². The minimum absolute atomic E-state index is 0.0278. The molecule has 1 fully saturated rings. The van der Waals surface area contributed by atoms with Gasteiger partial charge in [-0.1, -0.05) is 24.3 Å². The Hall–Kier alpha value is -2.67. The standard InChI is InChI=1S/C21H25N3O3S/c1-15(25)22-18(19-8-5-13-28-19)14-20(26)24-11-9-17(10-12-24)23-21(27)16-6-3-2-4-7-16/h2-8,13,17-18H,9-12,14H2,1H3,(H,22,25)(H,23,27)/t18-/m1/s1. The monoisotopic (exact) mass is 399 g/mol. The van der Waals surface area contributed by atoms with Crippen molar-refractivity contribution in [3.05, 3.63) is 58.3 Å². The van der Waals surface area contributed by atoms with Crippen LogP contribution in [0.25, 0.3) is 0 Å². The number of carbonyl (C=O) groups is 3. The molecule has 3 amide bonds. The Kier molecular flexibility index (Phi) is 6.81. The summed E-state index contributed by atoms with van der Waals surface area (Å²) in [4.78, 5) is 39.3. The number of hydrogen-bond acceptors (Lipinski definition) is 4. The molecular formula is C21H25N3O3S. The smallest absolute Gasteiger partial charge is 0.251 e. The minimum Gasteiger partial charge on any atom is -0.349 e. The van der Waals surface area contributed by atoms with Crippen molar-refractivity contribution < 1.29 is 14.4 Å². The molecule has 0 saturated carbocycles. The van der Waals surface area contributed by atoms with Gasteiger partial charge in [0.05, 0.1) is 12.5 Å². The van der Waals surface area contributed by atoms with Crippen molar-refractivity contribution in [1.29, 1.82) is 0 Å². The highest BCUT2D eigenvalue weighted by Gasteiger charge is 2.27. The Morgan fingerprint density at radius 2 is 1.82 bits per heavy atom. The van der Waals surface area contributed by atoms with Gasteiger partial charge < -0.3 is 15.5 Å². The topological polar surface area (TPSA) is 78.5 Å². The molecule has 2 aromatic rings. The fourth-order valence-electron chi connectivity index (χ4n) is 3.39. The first-order chi connectivity index (χ1) is 13.5. The van der Waals surface area contributed by atoms with Crippen molar-refractivity contribution in [2.24, 2.45) is 0 Å². The van der Waals surface area contributed by atoms with Crippen LogP contribution in [0.5, 0.6) is 0 Å². The zero-order valence-corrected chi connectivity index (χ0v) is 16.7. The lowest BCUT2D eigenvalue weighted by atomic mass is 10.0. The van der Waals surface area contributed by atoms with Crippen molar-refractivity contribution in [1.82, 2.24) is 15.5 Å². The second-order valence-electron chi connectivity index (χ2n) is 6.97. The number of piperidine rings is 1. The Morgan fingerprint density at radius 3 is 2.43 bits per heavy atom. The number of thiophene rings is 1. The fourth-order valence-corrected chi connectivity index (χ4v) is 4.17. The highest BCUT2D eigenvalue weighted by Crippen LogP contribution is 2.24. The van der Waals surface area contributed by atoms with E-state index in [1.54, 1.807) is 12.1 Å². The number of hydrogen-bond donors (Lipinski definition) is 2. The van der Waals surface area contributed by atoms with Crippen LogP contribution in [0.1, 0.15) is 47.5 Å². The van der Waals surface area contributed by atoms with E-state index < -0.39 is 0 Å². The molecule has 1 aromatic heterocycles. The molecule has 148 valence electrons. The Labute approximate surface area is 168 Å². The summed E-state index contributed by atoms with van der Waals surface area (Å²) in [5.74, 6) is -0.192. The molecule has 2 N–H and O–H groups in total. The van der Waals surface area contributed by atoms with Crippen molar-refractivity contribution in [3.63, 3.8) is 0 Å². The number of nitrogens with one attached hydrogen (secondary N) is 2. The first-order valence-corrected chi connectivity index (χ1v) is 10.3. The molecule has 0 aliphatic carbocycles. The Bertz CT molecular complexity index is 800. The van der Waals surface area contributed by atoms with Crippen LogP contribution in [0, 0.1) is 0 Å². The maximum absolute atomic E-state index is 12.7. The number of likely N-dealkylation sites (tertiary alicyclic amines) is 1. The molecule has 1 aliphatic heterocycles. The molecule has 6 nitrogen and oxygen atoms in total. The molecule has 1 aliphatic rings. The summed E-state index contributed by atoms with van der Waals surface area (Å²) in [6.07, 6.45) is 1.71. The lowest BCUT2D eigenvalue weighted by molar-refractivity contribution is -0.133. The van der Waals surface area contributed by atoms with Gasteiger partial charge in [0.25, 0.3) is 5.91 Å². The van der Waals surface area contributed by atoms with Crippen LogP contribution in [0.15, 0.2) is 47.8 Å². The Balaban J connectivity index is 1.50. The molecular weight excluding hydrogens is 374 g/mol. The first-order valence-electron chi connectivity index (χ1n) is 9.47. The zero-order chi connectivity index (χ0) is 19.9. The van der Waals surface area contributed by atoms with Crippen molar-refractivity contribution in [3.8, 4) is 0 Å². The van der Waals surface area contributed by atoms with E-state index in [2.05, 4.69) is 10.6 Å². The van der Waals surface area contributed by atoms with Gasteiger partial charge in [-0.3, -0.25) is 14.4 Å². The van der Waals surface area contributed by atoms with E-state index in [1.165, 1.54) is 18.3 Å². The molecule has 0 bridgehead atoms. The molecule has 0 radical (unpaired) electrons. The predicted octanol–water partition coefficient (Wildman–Crippen LogP) is 2.74. The van der Waals surface area contributed by atoms with E-state index >= 15 is 0 Å². The molecule has 28 heavy (non-hydrogen) atoms. The van der Waals surface area contributed by atoms with E-state index in [0.717, 1.165) is 17.7 Å². The molecule has 2 heterocycles. The van der Waals surface area contributed by atoms with Gasteiger partial charge in [-0.15, -0.1) is 11.3 Å². The number of carbonyl (C=O) groups excluding carboxylic acids is 3. The van der Waals surface area contributed by atoms with Gasteiger partial charge >= 0.3 is 0 Å². The van der Waals surface area contributed by atoms with Gasteiger partial charge in [-0.25, -0.2) is 0 Å². The predicted molar refractivity (Wildman–Crippen MR) is 109 cm³/mol. The van der Waals surface area contributed by atoms with Crippen LogP contribution in [0.2, 0.25) is 0 Å². The largest absolute Gasteiger partial charge is 0.349 e. The van der Waals surface area contributed by atoms with Crippen LogP contribution in [0.4, 0.5) is 0 Å². The number of benzene rings is 1. The second kappa shape index (κ2) is 9.50. The van der Waals surface area contributed by atoms with Gasteiger partial charge in [0, 0.05) is 36.5 Å². The summed E-state index contributed by atoms with van der Waals surface area (Å²) in [5.41, 5.74) is 0.648. The summed E-state index contributed by atoms with van der Waals surface area (Å²) in [7, 11) is 0. The number of rotatable bonds is 6. The zero-order valence-electron chi connectivity index (χ0n) is 15.9. The van der Waals surface area contributed by atoms with Crippen molar-refractivity contribution >= 4 is 29.1 Å². The summed E-state index contributed by atoms with van der Waals surface area (Å²) in [6, 6.07) is 12.8. The molecule has 7 heteroatoms. The number of nitrogens with zero attached hydrogens (tertiary/aromatic N) is 1. The minimum atomic E-state index is -0.291. The summed E-state index contributed by atoms with van der Waals surface area (Å²) < 4.78 is 0. The van der Waals surface area contributed by atoms with Gasteiger partial charge in [0.15, 0.2) is 0 Å². The average molecular weight is 400 g/mol. The molecule has 1 aromatic carbocycles. The van der Waals surface area contributed by atoms with E-state index in [0.29, 0.717) is 18.7 Å². The van der Waals surface area contributed by atoms with Crippen LogP contribution in [-0.4, -0.2) is 41.8 Å². The van der Waals surface area contributed by atoms with E-state index in [-0.39, 0.29) is 36.2 Å². The van der Waals surface area contributed by atoms with Gasteiger partial charge in [0.2, 0.25) is 11.8 Å². The van der Waals surface area contributed by atoms with Crippen LogP contribution < -0.4 is 10.6 Å². The highest BCUT2D eigenvalue weighted by atomic mass is 32.1. The molecule has 0 spiro atoms. The SMILES string of the molecule is CC(=O)N[C@H](CC(=O)N1CCC(NC(=O)c2ccccc2)CC1)c1cccs1. The molecule has 3 rings (SSSR count). The van der Waals surface area contributed by atoms with Gasteiger partial charge in [-0.2, -0.15) is 0 Å². The average Bonchev–Trinajstić information content (AvgIpc) is 3.23. The first kappa shape index (κ1) is 20.1. The molecule has 1 atom stereocenters. The third kappa shape index (κ3) is 5.42. The maximum Gasteiger partial charge on any atom is 0.251 e. The summed E-state index contributed by atoms with van der Waals surface area (Å²) in [6.45, 7) is 2.68. The lowest BCUT2D eigenvalue weighted by Gasteiger charge is -2.33. The second-order valence-corrected chi connectivity index (χ2v) is 7.95. The van der Waals surface area contributed by atoms with Crippen LogP contribution >= 0.6 is 11.3 Å². The number of amides is 3. The van der Waals surface area contributed by atoms with Crippen LogP contribution in [-0.2, 0) is 9.59 Å². The maximum atomic E-state index is 12.7. The fraction of sp³-hybridized carbons (Fsp3) is 0.381. The summed E-state index contributed by atoms with van der Waals surface area (Å²) >= 11 is 1.53. The third-order valence-corrected chi connectivity index (χ3v) is 5.85. The molecule has 1 saturated heterocycles. The third-order valence-electron chi connectivity index (χ3n) is 4.86. The quantitative estimate of drug-likeness (QED) is 0.784. The Morgan fingerprint density at radius 1 is 1.11 bits per heavy atom. The lowest BCUT2D eigenvalue weighted by Crippen LogP contribution is -2.47. The normalized spacial score (nSPS) is 15.7. The summed E-state index contributed by atoms with van der Waals surface area (Å²) in [5, 5.41) is 7.86. The highest BCUT2D eigenvalue weighted by molar-refractivity contribution is 7.10. The molecule has 0 unspecified atom stereocenters. The van der Waals surface area contributed by atoms with Crippen LogP contribution in [0.3, 0.4) is 0 Å². The van der Waals surface area contributed by atoms with Crippen molar-refractivity contribution in [2.45, 2.75) is 38.3 Å². The van der Waals surface area contributed by atoms with Gasteiger partial charge in [0.1, 0.15) is 0 Å². The van der Waals surface area contributed by atoms with E-state index in [9.17, 15) is 14.4 Å². The van der Waals surface area contributed by atoms with Crippen molar-refractivity contribution in [2.75, 3.05) is 13.1 Å². The van der Waals surface area contributed by atoms with Gasteiger partial charge in [-0.05, 0) is 36.4 Å².